The first-order chi connectivity index (χ1) is 18.9. The van der Waals surface area contributed by atoms with Gasteiger partial charge >= 0.3 is 0 Å². The normalized spacial score (nSPS) is 19.0. The molecule has 8 nitrogen and oxygen atoms in total. The average Bonchev–Trinajstić information content (AvgIpc) is 3.50. The van der Waals surface area contributed by atoms with E-state index < -0.39 is 53.2 Å². The highest BCUT2D eigenvalue weighted by Crippen LogP contribution is 2.37. The van der Waals surface area contributed by atoms with Crippen molar-refractivity contribution < 1.29 is 32.2 Å². The SMILES string of the molecule is COC(C)(C)[C@H](c1nc(-c2cc(F)ccc2F)nn1Cc1cccc(F)c1)N(C[C@@H]1CNC[C@@H]1F)C(=O)[C@H](C)O. The van der Waals surface area contributed by atoms with Gasteiger partial charge in [0.2, 0.25) is 0 Å². The molecule has 0 spiro atoms. The minimum Gasteiger partial charge on any atom is -0.384 e. The number of carbonyl (C=O) groups excluding carboxylic acids is 1. The first-order valence-electron chi connectivity index (χ1n) is 12.9. The van der Waals surface area contributed by atoms with E-state index in [1.165, 1.54) is 41.8 Å². The largest absolute Gasteiger partial charge is 0.384 e. The monoisotopic (exact) mass is 563 g/mol. The fourth-order valence-electron chi connectivity index (χ4n) is 4.90. The number of aromatic nitrogens is 3. The fraction of sp³-hybridized carbons (Fsp3) is 0.464. The van der Waals surface area contributed by atoms with Crippen LogP contribution < -0.4 is 5.32 Å². The van der Waals surface area contributed by atoms with Crippen LogP contribution in [0.2, 0.25) is 0 Å². The van der Waals surface area contributed by atoms with Crippen molar-refractivity contribution in [1.82, 2.24) is 25.0 Å². The lowest BCUT2D eigenvalue weighted by Gasteiger charge is -2.42. The number of carbonyl (C=O) groups is 1. The Kier molecular flexibility index (Phi) is 8.91. The number of hydrogen-bond donors (Lipinski definition) is 2. The molecule has 1 aliphatic heterocycles. The third kappa shape index (κ3) is 6.34. The second-order valence-electron chi connectivity index (χ2n) is 10.5. The van der Waals surface area contributed by atoms with Crippen LogP contribution in [-0.4, -0.2) is 75.3 Å². The molecule has 4 rings (SSSR count). The minimum absolute atomic E-state index is 0.0409. The molecule has 0 unspecified atom stereocenters. The number of nitrogens with one attached hydrogen (secondary N) is 1. The number of methoxy groups -OCH3 is 1. The topological polar surface area (TPSA) is 92.5 Å². The van der Waals surface area contributed by atoms with Gasteiger partial charge in [0.1, 0.15) is 35.8 Å². The second-order valence-corrected chi connectivity index (χ2v) is 10.5. The summed E-state index contributed by atoms with van der Waals surface area (Å²) < 4.78 is 64.8. The number of amides is 1. The smallest absolute Gasteiger partial charge is 0.251 e. The van der Waals surface area contributed by atoms with Crippen LogP contribution in [0.1, 0.15) is 38.2 Å². The summed E-state index contributed by atoms with van der Waals surface area (Å²) in [6.07, 6.45) is -2.68. The third-order valence-corrected chi connectivity index (χ3v) is 7.16. The number of halogens is 4. The Morgan fingerprint density at radius 1 is 1.20 bits per heavy atom. The maximum atomic E-state index is 14.8. The maximum absolute atomic E-state index is 14.8. The molecule has 40 heavy (non-hydrogen) atoms. The number of rotatable bonds is 10. The lowest BCUT2D eigenvalue weighted by atomic mass is 9.93. The number of alkyl halides is 1. The first-order valence-corrected chi connectivity index (χ1v) is 12.9. The molecule has 1 aromatic heterocycles. The summed E-state index contributed by atoms with van der Waals surface area (Å²) in [5.74, 6) is -3.32. The van der Waals surface area contributed by atoms with Crippen molar-refractivity contribution in [2.75, 3.05) is 26.7 Å². The Balaban J connectivity index is 1.92. The molecule has 1 aliphatic rings. The van der Waals surface area contributed by atoms with E-state index in [2.05, 4.69) is 15.4 Å². The van der Waals surface area contributed by atoms with Gasteiger partial charge < -0.3 is 20.1 Å². The number of benzene rings is 2. The lowest BCUT2D eigenvalue weighted by molar-refractivity contribution is -0.151. The molecular formula is C28H33F4N5O3. The quantitative estimate of drug-likeness (QED) is 0.366. The van der Waals surface area contributed by atoms with Crippen LogP contribution in [-0.2, 0) is 16.1 Å². The molecule has 1 amide bonds. The van der Waals surface area contributed by atoms with Crippen LogP contribution in [0.5, 0.6) is 0 Å². The number of aliphatic hydroxyl groups is 1. The van der Waals surface area contributed by atoms with Crippen LogP contribution in [0, 0.1) is 23.4 Å². The molecule has 12 heteroatoms. The number of nitrogens with zero attached hydrogens (tertiary/aromatic N) is 4. The summed E-state index contributed by atoms with van der Waals surface area (Å²) in [5.41, 5.74) is -0.915. The van der Waals surface area contributed by atoms with E-state index in [9.17, 15) is 27.5 Å². The molecular weight excluding hydrogens is 530 g/mol. The summed E-state index contributed by atoms with van der Waals surface area (Å²) in [4.78, 5) is 19.3. The summed E-state index contributed by atoms with van der Waals surface area (Å²) in [5, 5.41) is 17.7. The molecule has 4 atom stereocenters. The van der Waals surface area contributed by atoms with Crippen LogP contribution in [0.3, 0.4) is 0 Å². The zero-order valence-corrected chi connectivity index (χ0v) is 22.7. The Hall–Kier alpha value is -3.35. The molecule has 2 heterocycles. The summed E-state index contributed by atoms with van der Waals surface area (Å²) >= 11 is 0. The maximum Gasteiger partial charge on any atom is 0.251 e. The summed E-state index contributed by atoms with van der Waals surface area (Å²) in [7, 11) is 1.42. The molecule has 0 radical (unpaired) electrons. The van der Waals surface area contributed by atoms with Crippen LogP contribution in [0.4, 0.5) is 17.6 Å². The van der Waals surface area contributed by atoms with Crippen molar-refractivity contribution in [2.24, 2.45) is 5.92 Å². The van der Waals surface area contributed by atoms with Crippen molar-refractivity contribution in [3.63, 3.8) is 0 Å². The molecule has 0 aliphatic carbocycles. The van der Waals surface area contributed by atoms with Gasteiger partial charge in [-0.1, -0.05) is 12.1 Å². The zero-order chi connectivity index (χ0) is 29.2. The van der Waals surface area contributed by atoms with Gasteiger partial charge in [0.15, 0.2) is 11.6 Å². The molecule has 0 bridgehead atoms. The van der Waals surface area contributed by atoms with E-state index in [0.717, 1.165) is 18.2 Å². The van der Waals surface area contributed by atoms with Crippen molar-refractivity contribution in [1.29, 1.82) is 0 Å². The molecule has 2 N–H and O–H groups in total. The van der Waals surface area contributed by atoms with Crippen molar-refractivity contribution in [3.8, 4) is 11.4 Å². The zero-order valence-electron chi connectivity index (χ0n) is 22.7. The summed E-state index contributed by atoms with van der Waals surface area (Å²) in [6.45, 7) is 4.97. The molecule has 0 saturated carbocycles. The standard InChI is InChI=1S/C28H33F4N5O3/c1-16(38)27(39)36(15-18-12-33-13-23(18)32)24(28(2,3)40-4)26-34-25(21-11-20(30)8-9-22(21)31)35-37(26)14-17-6-5-7-19(29)10-17/h5-11,16,18,23-24,33,38H,12-15H2,1-4H3/t16-,18-,23-,24-/m0/s1. The van der Waals surface area contributed by atoms with E-state index in [4.69, 9.17) is 4.74 Å². The number of hydrogen-bond acceptors (Lipinski definition) is 6. The van der Waals surface area contributed by atoms with Crippen LogP contribution in [0.15, 0.2) is 42.5 Å². The fourth-order valence-corrected chi connectivity index (χ4v) is 4.90. The van der Waals surface area contributed by atoms with Gasteiger partial charge in [-0.2, -0.15) is 5.10 Å². The Morgan fingerprint density at radius 2 is 1.93 bits per heavy atom. The van der Waals surface area contributed by atoms with E-state index in [-0.39, 0.29) is 36.8 Å². The Labute approximate surface area is 230 Å². The Morgan fingerprint density at radius 3 is 2.55 bits per heavy atom. The van der Waals surface area contributed by atoms with Gasteiger partial charge in [-0.05, 0) is 56.7 Å². The highest BCUT2D eigenvalue weighted by Gasteiger charge is 2.45. The molecule has 1 saturated heterocycles. The van der Waals surface area contributed by atoms with E-state index in [1.54, 1.807) is 19.9 Å². The third-order valence-electron chi connectivity index (χ3n) is 7.16. The first kappa shape index (κ1) is 29.6. The van der Waals surface area contributed by atoms with Gasteiger partial charge in [0.05, 0.1) is 17.7 Å². The van der Waals surface area contributed by atoms with Crippen molar-refractivity contribution in [2.45, 2.75) is 51.2 Å². The number of aliphatic hydroxyl groups excluding tert-OH is 1. The van der Waals surface area contributed by atoms with Crippen molar-refractivity contribution >= 4 is 5.91 Å². The predicted octanol–water partition coefficient (Wildman–Crippen LogP) is 3.64. The van der Waals surface area contributed by atoms with Gasteiger partial charge in [0.25, 0.3) is 5.91 Å². The second kappa shape index (κ2) is 12.0. The van der Waals surface area contributed by atoms with Gasteiger partial charge in [-0.15, -0.1) is 0 Å². The number of ether oxygens (including phenoxy) is 1. The van der Waals surface area contributed by atoms with Gasteiger partial charge in [-0.3, -0.25) is 4.79 Å². The average molecular weight is 564 g/mol. The van der Waals surface area contributed by atoms with Gasteiger partial charge in [-0.25, -0.2) is 27.2 Å². The molecule has 216 valence electrons. The lowest BCUT2D eigenvalue weighted by Crippen LogP contribution is -2.52. The minimum atomic E-state index is -1.44. The van der Waals surface area contributed by atoms with E-state index >= 15 is 0 Å². The van der Waals surface area contributed by atoms with Crippen molar-refractivity contribution in [3.05, 3.63) is 71.3 Å². The molecule has 2 aromatic carbocycles. The predicted molar refractivity (Wildman–Crippen MR) is 139 cm³/mol. The van der Waals surface area contributed by atoms with Crippen LogP contribution in [0.25, 0.3) is 11.4 Å². The highest BCUT2D eigenvalue weighted by atomic mass is 19.1. The van der Waals surface area contributed by atoms with E-state index in [0.29, 0.717) is 12.1 Å². The van der Waals surface area contributed by atoms with Gasteiger partial charge in [0, 0.05) is 32.7 Å². The summed E-state index contributed by atoms with van der Waals surface area (Å²) in [6, 6.07) is 7.54. The molecule has 3 aromatic rings. The Bertz CT molecular complexity index is 1350. The molecule has 1 fully saturated rings. The van der Waals surface area contributed by atoms with E-state index in [1.807, 2.05) is 0 Å². The highest BCUT2D eigenvalue weighted by molar-refractivity contribution is 5.81. The van der Waals surface area contributed by atoms with Crippen LogP contribution >= 0.6 is 0 Å².